The van der Waals surface area contributed by atoms with E-state index < -0.39 is 12.2 Å². The first-order valence-corrected chi connectivity index (χ1v) is 6.18. The Morgan fingerprint density at radius 1 is 1.44 bits per heavy atom. The molecule has 0 aliphatic rings. The highest BCUT2D eigenvalue weighted by Crippen LogP contribution is 2.41. The van der Waals surface area contributed by atoms with Gasteiger partial charge in [-0.3, -0.25) is 0 Å². The molecule has 1 aromatic heterocycles. The van der Waals surface area contributed by atoms with E-state index in [1.165, 1.54) is 6.07 Å². The first kappa shape index (κ1) is 14.1. The monoisotopic (exact) mass is 291 g/mol. The Balaban J connectivity index is 2.96. The van der Waals surface area contributed by atoms with Gasteiger partial charge in [0.05, 0.1) is 8.67 Å². The fourth-order valence-electron chi connectivity index (χ4n) is 1.24. The molecule has 0 radical (unpaired) electrons. The number of alkyl halides is 3. The molecule has 1 nitrogen and oxygen atoms in total. The van der Waals surface area contributed by atoms with Gasteiger partial charge >= 0.3 is 6.18 Å². The molecule has 1 rings (SSSR count). The Morgan fingerprint density at radius 2 is 2.06 bits per heavy atom. The Hall–Kier alpha value is 0.0300. The van der Waals surface area contributed by atoms with Crippen molar-refractivity contribution in [2.75, 3.05) is 6.54 Å². The van der Waals surface area contributed by atoms with Crippen molar-refractivity contribution >= 4 is 34.5 Å². The third-order valence-electron chi connectivity index (χ3n) is 1.92. The van der Waals surface area contributed by atoms with Crippen LogP contribution in [0.25, 0.3) is 0 Å². The molecule has 0 fully saturated rings. The van der Waals surface area contributed by atoms with E-state index in [0.29, 0.717) is 6.42 Å². The maximum absolute atomic E-state index is 12.8. The van der Waals surface area contributed by atoms with Gasteiger partial charge in [-0.1, -0.05) is 30.1 Å². The van der Waals surface area contributed by atoms with Crippen LogP contribution in [0, 0.1) is 0 Å². The summed E-state index contributed by atoms with van der Waals surface area (Å²) in [6.07, 6.45) is -3.76. The Bertz CT molecular complexity index is 351. The fourth-order valence-corrected chi connectivity index (χ4v) is 2.77. The molecule has 0 amide bonds. The molecule has 1 N–H and O–H groups in total. The van der Waals surface area contributed by atoms with Gasteiger partial charge in [0.2, 0.25) is 0 Å². The highest BCUT2D eigenvalue weighted by atomic mass is 35.5. The molecule has 0 bridgehead atoms. The second kappa shape index (κ2) is 5.58. The van der Waals surface area contributed by atoms with Crippen LogP contribution >= 0.6 is 34.5 Å². The van der Waals surface area contributed by atoms with Crippen molar-refractivity contribution < 1.29 is 13.2 Å². The lowest BCUT2D eigenvalue weighted by atomic mass is 10.1. The van der Waals surface area contributed by atoms with Gasteiger partial charge < -0.3 is 5.32 Å². The number of thiophene rings is 1. The van der Waals surface area contributed by atoms with E-state index in [0.717, 1.165) is 11.3 Å². The standard InChI is InChI=1S/C9H10Cl2F3NS/c1-2-3-15-7(9(12,13)14)5-4-6(10)16-8(5)11/h4,7,15H,2-3H2,1H3. The van der Waals surface area contributed by atoms with Gasteiger partial charge in [0.15, 0.2) is 0 Å². The first-order valence-electron chi connectivity index (χ1n) is 4.61. The summed E-state index contributed by atoms with van der Waals surface area (Å²) in [5.74, 6) is 0. The SMILES string of the molecule is CCCNC(c1cc(Cl)sc1Cl)C(F)(F)F. The summed E-state index contributed by atoms with van der Waals surface area (Å²) in [7, 11) is 0. The summed E-state index contributed by atoms with van der Waals surface area (Å²) in [6, 6.07) is -0.487. The van der Waals surface area contributed by atoms with Crippen LogP contribution in [0.4, 0.5) is 13.2 Å². The first-order chi connectivity index (χ1) is 7.36. The Labute approximate surface area is 106 Å². The maximum atomic E-state index is 12.8. The van der Waals surface area contributed by atoms with Crippen molar-refractivity contribution in [2.45, 2.75) is 25.6 Å². The van der Waals surface area contributed by atoms with Crippen LogP contribution in [0.1, 0.15) is 24.9 Å². The van der Waals surface area contributed by atoms with E-state index in [-0.39, 0.29) is 20.8 Å². The van der Waals surface area contributed by atoms with Crippen LogP contribution in [-0.2, 0) is 0 Å². The number of hydrogen-bond donors (Lipinski definition) is 1. The maximum Gasteiger partial charge on any atom is 0.407 e. The predicted molar refractivity (Wildman–Crippen MR) is 61.4 cm³/mol. The zero-order valence-corrected chi connectivity index (χ0v) is 10.7. The van der Waals surface area contributed by atoms with E-state index in [1.54, 1.807) is 6.92 Å². The van der Waals surface area contributed by atoms with E-state index in [1.807, 2.05) is 0 Å². The van der Waals surface area contributed by atoms with E-state index in [9.17, 15) is 13.2 Å². The normalized spacial score (nSPS) is 14.1. The molecular formula is C9H10Cl2F3NS. The zero-order valence-electron chi connectivity index (χ0n) is 8.37. The van der Waals surface area contributed by atoms with E-state index in [4.69, 9.17) is 23.2 Å². The van der Waals surface area contributed by atoms with E-state index in [2.05, 4.69) is 5.32 Å². The molecule has 16 heavy (non-hydrogen) atoms. The number of nitrogens with one attached hydrogen (secondary N) is 1. The summed E-state index contributed by atoms with van der Waals surface area (Å²) in [6.45, 7) is 2.07. The summed E-state index contributed by atoms with van der Waals surface area (Å²) < 4.78 is 38.6. The van der Waals surface area contributed by atoms with Crippen LogP contribution in [0.3, 0.4) is 0 Å². The van der Waals surface area contributed by atoms with Gasteiger partial charge in [-0.15, -0.1) is 11.3 Å². The number of rotatable bonds is 4. The van der Waals surface area contributed by atoms with Crippen LogP contribution in [-0.4, -0.2) is 12.7 Å². The molecule has 0 aliphatic heterocycles. The van der Waals surface area contributed by atoms with Gasteiger partial charge in [-0.2, -0.15) is 13.2 Å². The minimum Gasteiger partial charge on any atom is -0.302 e. The zero-order chi connectivity index (χ0) is 12.3. The van der Waals surface area contributed by atoms with Crippen LogP contribution in [0.2, 0.25) is 8.67 Å². The van der Waals surface area contributed by atoms with E-state index >= 15 is 0 Å². The summed E-state index contributed by atoms with van der Waals surface area (Å²) in [4.78, 5) is 0. The molecule has 0 aromatic carbocycles. The molecule has 0 aliphatic carbocycles. The highest BCUT2D eigenvalue weighted by molar-refractivity contribution is 7.20. The average Bonchev–Trinajstić information content (AvgIpc) is 2.44. The minimum atomic E-state index is -4.37. The fraction of sp³-hybridized carbons (Fsp3) is 0.556. The summed E-state index contributed by atoms with van der Waals surface area (Å²) in [5, 5.41) is 2.42. The molecule has 0 spiro atoms. The molecule has 92 valence electrons. The quantitative estimate of drug-likeness (QED) is 0.851. The van der Waals surface area contributed by atoms with Gasteiger partial charge in [0, 0.05) is 5.56 Å². The predicted octanol–water partition coefficient (Wildman–Crippen LogP) is 4.66. The van der Waals surface area contributed by atoms with Gasteiger partial charge in [0.1, 0.15) is 6.04 Å². The smallest absolute Gasteiger partial charge is 0.302 e. The van der Waals surface area contributed by atoms with Gasteiger partial charge in [-0.25, -0.2) is 0 Å². The van der Waals surface area contributed by atoms with Gasteiger partial charge in [-0.05, 0) is 19.0 Å². The molecule has 0 saturated carbocycles. The molecule has 1 aromatic rings. The van der Waals surface area contributed by atoms with Crippen molar-refractivity contribution in [3.63, 3.8) is 0 Å². The molecule has 1 unspecified atom stereocenters. The topological polar surface area (TPSA) is 12.0 Å². The summed E-state index contributed by atoms with van der Waals surface area (Å²) >= 11 is 12.3. The van der Waals surface area contributed by atoms with Gasteiger partial charge in [0.25, 0.3) is 0 Å². The molecule has 7 heteroatoms. The lowest BCUT2D eigenvalue weighted by Gasteiger charge is -2.21. The van der Waals surface area contributed by atoms with Crippen molar-refractivity contribution in [1.82, 2.24) is 5.32 Å². The van der Waals surface area contributed by atoms with Crippen molar-refractivity contribution in [3.8, 4) is 0 Å². The molecule has 1 heterocycles. The number of hydrogen-bond acceptors (Lipinski definition) is 2. The lowest BCUT2D eigenvalue weighted by molar-refractivity contribution is -0.157. The Kier molecular flexibility index (Phi) is 4.91. The van der Waals surface area contributed by atoms with Crippen LogP contribution in [0.15, 0.2) is 6.07 Å². The van der Waals surface area contributed by atoms with Crippen LogP contribution in [0.5, 0.6) is 0 Å². The third kappa shape index (κ3) is 3.52. The minimum absolute atomic E-state index is 0.00221. The third-order valence-corrected chi connectivity index (χ3v) is 3.44. The molecule has 0 saturated heterocycles. The molecule has 1 atom stereocenters. The second-order valence-corrected chi connectivity index (χ2v) is 5.49. The van der Waals surface area contributed by atoms with Crippen LogP contribution < -0.4 is 5.32 Å². The summed E-state index contributed by atoms with van der Waals surface area (Å²) in [5.41, 5.74) is -0.00221. The molecular weight excluding hydrogens is 282 g/mol. The Morgan fingerprint density at radius 3 is 2.44 bits per heavy atom. The average molecular weight is 292 g/mol. The lowest BCUT2D eigenvalue weighted by Crippen LogP contribution is -2.34. The van der Waals surface area contributed by atoms with Crippen molar-refractivity contribution in [3.05, 3.63) is 20.3 Å². The van der Waals surface area contributed by atoms with Crippen molar-refractivity contribution in [1.29, 1.82) is 0 Å². The second-order valence-electron chi connectivity index (χ2n) is 3.21. The van der Waals surface area contributed by atoms with Crippen molar-refractivity contribution in [2.24, 2.45) is 0 Å². The largest absolute Gasteiger partial charge is 0.407 e. The highest BCUT2D eigenvalue weighted by Gasteiger charge is 2.42. The number of halogens is 5.